The second-order valence-corrected chi connectivity index (χ2v) is 5.64. The number of aryl methyl sites for hydroxylation is 1. The van der Waals surface area contributed by atoms with Gasteiger partial charge in [0.05, 0.1) is 23.4 Å². The molecule has 0 N–H and O–H groups in total. The average molecular weight is 315 g/mol. The van der Waals surface area contributed by atoms with Gasteiger partial charge in [0.25, 0.3) is 0 Å². The van der Waals surface area contributed by atoms with Crippen molar-refractivity contribution >= 4 is 5.69 Å². The minimum atomic E-state index is -0.349. The molecule has 120 valence electrons. The molecule has 1 aliphatic rings. The highest BCUT2D eigenvalue weighted by molar-refractivity contribution is 5.51. The smallest absolute Gasteiger partial charge is 0.233 e. The Hall–Kier alpha value is -2.46. The summed E-state index contributed by atoms with van der Waals surface area (Å²) >= 11 is 0. The van der Waals surface area contributed by atoms with E-state index in [2.05, 4.69) is 15.1 Å². The summed E-state index contributed by atoms with van der Waals surface area (Å²) in [5, 5.41) is 16.7. The molecule has 1 aliphatic heterocycles. The van der Waals surface area contributed by atoms with Gasteiger partial charge in [0, 0.05) is 33.1 Å². The molecule has 1 fully saturated rings. The zero-order valence-corrected chi connectivity index (χ0v) is 13.2. The summed E-state index contributed by atoms with van der Waals surface area (Å²) in [5.74, 6) is 0.823. The maximum absolute atomic E-state index is 14.1. The van der Waals surface area contributed by atoms with Gasteiger partial charge < -0.3 is 9.32 Å². The van der Waals surface area contributed by atoms with Gasteiger partial charge >= 0.3 is 0 Å². The maximum Gasteiger partial charge on any atom is 0.233 e. The molecule has 0 radical (unpaired) electrons. The van der Waals surface area contributed by atoms with Crippen LogP contribution in [0.15, 0.2) is 22.6 Å². The number of piperazine rings is 1. The lowest BCUT2D eigenvalue weighted by Gasteiger charge is -2.38. The Kier molecular flexibility index (Phi) is 4.26. The number of halogens is 1. The van der Waals surface area contributed by atoms with Crippen molar-refractivity contribution in [1.82, 2.24) is 15.1 Å². The molecule has 0 amide bonds. The summed E-state index contributed by atoms with van der Waals surface area (Å²) in [6.45, 7) is 6.78. The standard InChI is InChI=1S/C16H18FN5O/c1-11(16-20-19-12(2)23-16)21-5-7-22(8-6-21)15-4-3-13(10-18)9-14(15)17/h3-4,9,11H,5-8H2,1-2H3/t11-/m1/s1. The monoisotopic (exact) mass is 315 g/mol. The molecule has 1 saturated heterocycles. The van der Waals surface area contributed by atoms with E-state index in [1.54, 1.807) is 19.1 Å². The average Bonchev–Trinajstić information content (AvgIpc) is 3.00. The molecule has 23 heavy (non-hydrogen) atoms. The van der Waals surface area contributed by atoms with Gasteiger partial charge in [0.2, 0.25) is 11.8 Å². The minimum Gasteiger partial charge on any atom is -0.424 e. The molecule has 3 rings (SSSR count). The van der Waals surface area contributed by atoms with Crippen LogP contribution in [-0.2, 0) is 0 Å². The van der Waals surface area contributed by atoms with E-state index in [9.17, 15) is 4.39 Å². The molecular formula is C16H18FN5O. The molecule has 0 aliphatic carbocycles. The Morgan fingerprint density at radius 3 is 2.57 bits per heavy atom. The zero-order chi connectivity index (χ0) is 16.4. The number of rotatable bonds is 3. The second kappa shape index (κ2) is 6.34. The Morgan fingerprint density at radius 2 is 2.00 bits per heavy atom. The van der Waals surface area contributed by atoms with E-state index in [0.29, 0.717) is 36.1 Å². The summed E-state index contributed by atoms with van der Waals surface area (Å²) in [7, 11) is 0. The lowest BCUT2D eigenvalue weighted by Crippen LogP contribution is -2.47. The lowest BCUT2D eigenvalue weighted by atomic mass is 10.1. The highest BCUT2D eigenvalue weighted by atomic mass is 19.1. The van der Waals surface area contributed by atoms with Crippen molar-refractivity contribution in [2.45, 2.75) is 19.9 Å². The van der Waals surface area contributed by atoms with E-state index in [1.807, 2.05) is 17.9 Å². The minimum absolute atomic E-state index is 0.0455. The van der Waals surface area contributed by atoms with Crippen LogP contribution in [0, 0.1) is 24.1 Å². The van der Waals surface area contributed by atoms with Gasteiger partial charge in [0.15, 0.2) is 0 Å². The van der Waals surface area contributed by atoms with Gasteiger partial charge in [-0.15, -0.1) is 10.2 Å². The van der Waals surface area contributed by atoms with Crippen LogP contribution in [0.4, 0.5) is 10.1 Å². The summed E-state index contributed by atoms with van der Waals surface area (Å²) in [6, 6.07) is 6.60. The van der Waals surface area contributed by atoms with Crippen molar-refractivity contribution in [1.29, 1.82) is 5.26 Å². The highest BCUT2D eigenvalue weighted by Crippen LogP contribution is 2.25. The van der Waals surface area contributed by atoms with E-state index in [-0.39, 0.29) is 11.9 Å². The second-order valence-electron chi connectivity index (χ2n) is 5.64. The fourth-order valence-corrected chi connectivity index (χ4v) is 2.82. The Balaban J connectivity index is 1.65. The van der Waals surface area contributed by atoms with Crippen molar-refractivity contribution in [3.8, 4) is 6.07 Å². The third-order valence-corrected chi connectivity index (χ3v) is 4.18. The molecule has 0 saturated carbocycles. The first-order valence-electron chi connectivity index (χ1n) is 7.57. The van der Waals surface area contributed by atoms with Crippen molar-refractivity contribution in [2.24, 2.45) is 0 Å². The molecular weight excluding hydrogens is 297 g/mol. The number of benzene rings is 1. The number of aromatic nitrogens is 2. The van der Waals surface area contributed by atoms with Gasteiger partial charge in [0.1, 0.15) is 5.82 Å². The summed E-state index contributed by atoms with van der Waals surface area (Å²) < 4.78 is 19.6. The van der Waals surface area contributed by atoms with Crippen LogP contribution < -0.4 is 4.90 Å². The Bertz CT molecular complexity index is 730. The van der Waals surface area contributed by atoms with Crippen LogP contribution >= 0.6 is 0 Å². The predicted octanol–water partition coefficient (Wildman–Crippen LogP) is 2.27. The fraction of sp³-hybridized carbons (Fsp3) is 0.438. The lowest BCUT2D eigenvalue weighted by molar-refractivity contribution is 0.171. The van der Waals surface area contributed by atoms with Crippen LogP contribution in [0.3, 0.4) is 0 Å². The highest BCUT2D eigenvalue weighted by Gasteiger charge is 2.26. The predicted molar refractivity (Wildman–Crippen MR) is 82.4 cm³/mol. The first-order chi connectivity index (χ1) is 11.1. The van der Waals surface area contributed by atoms with Gasteiger partial charge in [-0.3, -0.25) is 4.90 Å². The normalized spacial score (nSPS) is 17.0. The van der Waals surface area contributed by atoms with Crippen LogP contribution in [-0.4, -0.2) is 41.3 Å². The number of hydrogen-bond donors (Lipinski definition) is 0. The number of hydrogen-bond acceptors (Lipinski definition) is 6. The maximum atomic E-state index is 14.1. The molecule has 0 spiro atoms. The quantitative estimate of drug-likeness (QED) is 0.865. The van der Waals surface area contributed by atoms with Crippen molar-refractivity contribution in [3.05, 3.63) is 41.4 Å². The molecule has 1 atom stereocenters. The number of nitrogens with zero attached hydrogens (tertiary/aromatic N) is 5. The van der Waals surface area contributed by atoms with Gasteiger partial charge in [-0.25, -0.2) is 4.39 Å². The van der Waals surface area contributed by atoms with Crippen LogP contribution in [0.2, 0.25) is 0 Å². The summed E-state index contributed by atoms with van der Waals surface area (Å²) in [5.41, 5.74) is 0.884. The SMILES string of the molecule is Cc1nnc([C@@H](C)N2CCN(c3ccc(C#N)cc3F)CC2)o1. The zero-order valence-electron chi connectivity index (χ0n) is 13.2. The molecule has 1 aromatic carbocycles. The van der Waals surface area contributed by atoms with Crippen LogP contribution in [0.5, 0.6) is 0 Å². The van der Waals surface area contributed by atoms with E-state index in [1.165, 1.54) is 6.07 Å². The van der Waals surface area contributed by atoms with Crippen LogP contribution in [0.1, 0.15) is 30.3 Å². The van der Waals surface area contributed by atoms with Gasteiger partial charge in [-0.05, 0) is 25.1 Å². The van der Waals surface area contributed by atoms with E-state index >= 15 is 0 Å². The van der Waals surface area contributed by atoms with E-state index in [0.717, 1.165) is 13.1 Å². The molecule has 2 heterocycles. The van der Waals surface area contributed by atoms with Gasteiger partial charge in [-0.2, -0.15) is 5.26 Å². The third-order valence-electron chi connectivity index (χ3n) is 4.18. The van der Waals surface area contributed by atoms with Gasteiger partial charge in [-0.1, -0.05) is 0 Å². The number of nitriles is 1. The van der Waals surface area contributed by atoms with E-state index in [4.69, 9.17) is 9.68 Å². The summed E-state index contributed by atoms with van der Waals surface area (Å²) in [6.07, 6.45) is 0. The topological polar surface area (TPSA) is 69.2 Å². The summed E-state index contributed by atoms with van der Waals surface area (Å²) in [4.78, 5) is 4.24. The molecule has 2 aromatic rings. The molecule has 1 aromatic heterocycles. The fourth-order valence-electron chi connectivity index (χ4n) is 2.82. The number of anilines is 1. The van der Waals surface area contributed by atoms with E-state index < -0.39 is 0 Å². The van der Waals surface area contributed by atoms with Crippen molar-refractivity contribution in [2.75, 3.05) is 31.1 Å². The Morgan fingerprint density at radius 1 is 1.26 bits per heavy atom. The Labute approximate surface area is 134 Å². The van der Waals surface area contributed by atoms with Crippen LogP contribution in [0.25, 0.3) is 0 Å². The largest absolute Gasteiger partial charge is 0.424 e. The third kappa shape index (κ3) is 3.17. The molecule has 6 nitrogen and oxygen atoms in total. The molecule has 0 unspecified atom stereocenters. The molecule has 7 heteroatoms. The molecule has 0 bridgehead atoms. The van der Waals surface area contributed by atoms with Crippen molar-refractivity contribution in [3.63, 3.8) is 0 Å². The first-order valence-corrected chi connectivity index (χ1v) is 7.57. The van der Waals surface area contributed by atoms with Crippen molar-refractivity contribution < 1.29 is 8.81 Å². The first kappa shape index (κ1) is 15.4.